The van der Waals surface area contributed by atoms with Gasteiger partial charge in [-0.15, -0.1) is 0 Å². The number of oxazole rings is 1. The Labute approximate surface area is 179 Å². The van der Waals surface area contributed by atoms with Crippen molar-refractivity contribution in [1.82, 2.24) is 15.3 Å². The van der Waals surface area contributed by atoms with Crippen LogP contribution in [0.1, 0.15) is 21.5 Å². The summed E-state index contributed by atoms with van der Waals surface area (Å²) in [7, 11) is 3.88. The van der Waals surface area contributed by atoms with Crippen LogP contribution in [0.25, 0.3) is 11.1 Å². The van der Waals surface area contributed by atoms with Crippen LogP contribution >= 0.6 is 11.8 Å². The van der Waals surface area contributed by atoms with E-state index in [2.05, 4.69) is 15.3 Å². The summed E-state index contributed by atoms with van der Waals surface area (Å²) in [6.45, 7) is 0.439. The molecule has 30 heavy (non-hydrogen) atoms. The number of rotatable bonds is 7. The van der Waals surface area contributed by atoms with Crippen LogP contribution in [0.3, 0.4) is 0 Å². The van der Waals surface area contributed by atoms with Crippen LogP contribution in [0.4, 0.5) is 5.82 Å². The van der Waals surface area contributed by atoms with Crippen molar-refractivity contribution in [3.63, 3.8) is 0 Å². The normalized spacial score (nSPS) is 10.9. The van der Waals surface area contributed by atoms with Crippen LogP contribution < -0.4 is 10.2 Å². The molecule has 0 fully saturated rings. The largest absolute Gasteiger partial charge is 0.431 e. The number of fused-ring (bicyclic) bond motifs is 1. The van der Waals surface area contributed by atoms with Gasteiger partial charge in [0.15, 0.2) is 5.58 Å². The highest BCUT2D eigenvalue weighted by atomic mass is 32.2. The number of amides is 1. The smallest absolute Gasteiger partial charge is 0.257 e. The Balaban J connectivity index is 1.43. The van der Waals surface area contributed by atoms with E-state index >= 15 is 0 Å². The van der Waals surface area contributed by atoms with E-state index in [0.717, 1.165) is 28.0 Å². The van der Waals surface area contributed by atoms with Gasteiger partial charge in [-0.05, 0) is 41.5 Å². The van der Waals surface area contributed by atoms with Crippen LogP contribution in [0.5, 0.6) is 0 Å². The fraction of sp³-hybridized carbons (Fsp3) is 0.174. The Morgan fingerprint density at radius 2 is 1.90 bits per heavy atom. The molecular formula is C23H22N4O2S. The van der Waals surface area contributed by atoms with Crippen molar-refractivity contribution in [1.29, 1.82) is 0 Å². The van der Waals surface area contributed by atoms with Crippen LogP contribution in [0, 0.1) is 0 Å². The fourth-order valence-corrected chi connectivity index (χ4v) is 3.85. The minimum Gasteiger partial charge on any atom is -0.431 e. The third-order valence-electron chi connectivity index (χ3n) is 4.61. The van der Waals surface area contributed by atoms with Gasteiger partial charge in [-0.1, -0.05) is 42.1 Å². The lowest BCUT2D eigenvalue weighted by Crippen LogP contribution is -2.24. The first kappa shape index (κ1) is 20.0. The minimum absolute atomic E-state index is 0.105. The zero-order valence-corrected chi connectivity index (χ0v) is 17.6. The van der Waals surface area contributed by atoms with Crippen molar-refractivity contribution in [2.45, 2.75) is 17.5 Å². The molecule has 0 aliphatic heterocycles. The number of nitrogens with zero attached hydrogens (tertiary/aromatic N) is 3. The zero-order valence-electron chi connectivity index (χ0n) is 16.8. The molecule has 0 spiro atoms. The molecule has 0 atom stereocenters. The Morgan fingerprint density at radius 1 is 1.10 bits per heavy atom. The lowest BCUT2D eigenvalue weighted by atomic mass is 10.1. The van der Waals surface area contributed by atoms with Crippen LogP contribution in [0.2, 0.25) is 0 Å². The molecule has 0 saturated heterocycles. The molecule has 0 saturated carbocycles. The molecule has 4 rings (SSSR count). The first-order chi connectivity index (χ1) is 14.6. The number of hydrogen-bond acceptors (Lipinski definition) is 6. The van der Waals surface area contributed by atoms with Crippen LogP contribution in [-0.2, 0) is 12.3 Å². The standard InChI is InChI=1S/C23H22N4O2S/c1-27(2)21-13-16(11-12-24-21)14-25-22(28)18-8-4-3-7-17(18)15-30-23-26-19-9-5-6-10-20(19)29-23/h3-13H,14-15H2,1-2H3,(H,25,28). The van der Waals surface area contributed by atoms with Crippen molar-refractivity contribution in [3.8, 4) is 0 Å². The van der Waals surface area contributed by atoms with Crippen molar-refractivity contribution >= 4 is 34.6 Å². The summed E-state index contributed by atoms with van der Waals surface area (Å²) >= 11 is 1.48. The quantitative estimate of drug-likeness (QED) is 0.445. The van der Waals surface area contributed by atoms with Gasteiger partial charge in [-0.2, -0.15) is 0 Å². The Hall–Kier alpha value is -3.32. The van der Waals surface area contributed by atoms with Crippen LogP contribution in [-0.4, -0.2) is 30.0 Å². The Kier molecular flexibility index (Phi) is 5.99. The van der Waals surface area contributed by atoms with Gasteiger partial charge in [0.2, 0.25) is 0 Å². The van der Waals surface area contributed by atoms with Crippen molar-refractivity contribution in [2.75, 3.05) is 19.0 Å². The monoisotopic (exact) mass is 418 g/mol. The predicted molar refractivity (Wildman–Crippen MR) is 120 cm³/mol. The molecule has 0 unspecified atom stereocenters. The first-order valence-corrected chi connectivity index (χ1v) is 10.6. The second-order valence-electron chi connectivity index (χ2n) is 6.99. The van der Waals surface area contributed by atoms with E-state index in [1.54, 1.807) is 6.20 Å². The summed E-state index contributed by atoms with van der Waals surface area (Å²) in [5, 5.41) is 3.60. The highest BCUT2D eigenvalue weighted by molar-refractivity contribution is 7.98. The predicted octanol–water partition coefficient (Wildman–Crippen LogP) is 4.51. The molecule has 2 heterocycles. The molecule has 1 amide bonds. The number of aromatic nitrogens is 2. The maximum Gasteiger partial charge on any atom is 0.257 e. The molecule has 1 N–H and O–H groups in total. The third kappa shape index (κ3) is 4.63. The summed E-state index contributed by atoms with van der Waals surface area (Å²) in [4.78, 5) is 23.5. The molecule has 6 nitrogen and oxygen atoms in total. The van der Waals surface area contributed by atoms with Crippen LogP contribution in [0.15, 0.2) is 76.5 Å². The molecule has 2 aromatic heterocycles. The molecular weight excluding hydrogens is 396 g/mol. The molecule has 0 bridgehead atoms. The summed E-state index contributed by atoms with van der Waals surface area (Å²) < 4.78 is 5.77. The van der Waals surface area contributed by atoms with Gasteiger partial charge in [-0.3, -0.25) is 4.79 Å². The van der Waals surface area contributed by atoms with Gasteiger partial charge in [0.25, 0.3) is 11.1 Å². The number of pyridine rings is 1. The van der Waals surface area contributed by atoms with E-state index in [4.69, 9.17) is 4.42 Å². The summed E-state index contributed by atoms with van der Waals surface area (Å²) in [6, 6.07) is 19.2. The number of thioether (sulfide) groups is 1. The van der Waals surface area contributed by atoms with E-state index in [-0.39, 0.29) is 5.91 Å². The van der Waals surface area contributed by atoms with E-state index in [1.807, 2.05) is 79.7 Å². The molecule has 0 radical (unpaired) electrons. The topological polar surface area (TPSA) is 71.3 Å². The third-order valence-corrected chi connectivity index (χ3v) is 5.49. The highest BCUT2D eigenvalue weighted by Crippen LogP contribution is 2.27. The van der Waals surface area contributed by atoms with Crippen molar-refractivity contribution in [3.05, 3.63) is 83.6 Å². The second-order valence-corrected chi connectivity index (χ2v) is 7.92. The fourth-order valence-electron chi connectivity index (χ4n) is 3.01. The van der Waals surface area contributed by atoms with Gasteiger partial charge < -0.3 is 14.6 Å². The number of hydrogen-bond donors (Lipinski definition) is 1. The van der Waals surface area contributed by atoms with Crippen molar-refractivity contribution < 1.29 is 9.21 Å². The second kappa shape index (κ2) is 9.00. The van der Waals surface area contributed by atoms with E-state index < -0.39 is 0 Å². The average Bonchev–Trinajstić information content (AvgIpc) is 3.19. The maximum atomic E-state index is 12.8. The minimum atomic E-state index is -0.105. The molecule has 4 aromatic rings. The average molecular weight is 419 g/mol. The molecule has 152 valence electrons. The van der Waals surface area contributed by atoms with E-state index in [0.29, 0.717) is 23.1 Å². The molecule has 0 aliphatic carbocycles. The van der Waals surface area contributed by atoms with Gasteiger partial charge in [0.1, 0.15) is 11.3 Å². The summed E-state index contributed by atoms with van der Waals surface area (Å²) in [5.74, 6) is 1.35. The number of carbonyl (C=O) groups excluding carboxylic acids is 1. The Bertz CT molecular complexity index is 1140. The van der Waals surface area contributed by atoms with Gasteiger partial charge in [0.05, 0.1) is 0 Å². The number of benzene rings is 2. The number of nitrogens with one attached hydrogen (secondary N) is 1. The SMILES string of the molecule is CN(C)c1cc(CNC(=O)c2ccccc2CSc2nc3ccccc3o2)ccn1. The van der Waals surface area contributed by atoms with Crippen molar-refractivity contribution in [2.24, 2.45) is 0 Å². The summed E-state index contributed by atoms with van der Waals surface area (Å²) in [5.41, 5.74) is 4.19. The van der Waals surface area contributed by atoms with E-state index in [1.165, 1.54) is 11.8 Å². The first-order valence-electron chi connectivity index (χ1n) is 9.57. The number of anilines is 1. The number of carbonyl (C=O) groups is 1. The van der Waals surface area contributed by atoms with E-state index in [9.17, 15) is 4.79 Å². The molecule has 2 aromatic carbocycles. The van der Waals surface area contributed by atoms with Gasteiger partial charge in [-0.25, -0.2) is 9.97 Å². The van der Waals surface area contributed by atoms with Gasteiger partial charge in [0, 0.05) is 38.2 Å². The summed E-state index contributed by atoms with van der Waals surface area (Å²) in [6.07, 6.45) is 1.75. The zero-order chi connectivity index (χ0) is 20.9. The lowest BCUT2D eigenvalue weighted by Gasteiger charge is -2.13. The number of para-hydroxylation sites is 2. The molecule has 0 aliphatic rings. The lowest BCUT2D eigenvalue weighted by molar-refractivity contribution is 0.0950. The highest BCUT2D eigenvalue weighted by Gasteiger charge is 2.13. The maximum absolute atomic E-state index is 12.8. The Morgan fingerprint density at radius 3 is 2.73 bits per heavy atom. The molecule has 7 heteroatoms. The van der Waals surface area contributed by atoms with Gasteiger partial charge >= 0.3 is 0 Å².